The smallest absolute Gasteiger partial charge is 0.270 e. The zero-order valence-electron chi connectivity index (χ0n) is 14.7. The number of nitrogens with two attached hydrogens (primary N) is 1. The highest BCUT2D eigenvalue weighted by molar-refractivity contribution is 5.93. The number of hydrogen-bond donors (Lipinski definition) is 2. The van der Waals surface area contributed by atoms with Crippen LogP contribution in [0.1, 0.15) is 48.3 Å². The minimum Gasteiger partial charge on any atom is -0.368 e. The van der Waals surface area contributed by atoms with E-state index < -0.39 is 5.54 Å². The molecule has 3 heterocycles. The number of aromatic amines is 1. The number of carbonyl (C=O) groups is 2. The maximum absolute atomic E-state index is 12.7. The second kappa shape index (κ2) is 7.00. The molecule has 0 aliphatic carbocycles. The van der Waals surface area contributed by atoms with Crippen LogP contribution in [-0.2, 0) is 4.79 Å². The van der Waals surface area contributed by atoms with Crippen molar-refractivity contribution in [1.82, 2.24) is 14.8 Å². The van der Waals surface area contributed by atoms with Gasteiger partial charge in [-0.1, -0.05) is 6.42 Å². The van der Waals surface area contributed by atoms with Gasteiger partial charge in [-0.25, -0.2) is 0 Å². The normalized spacial score (nSPS) is 21.1. The second-order valence-electron chi connectivity index (χ2n) is 7.15. The molecule has 7 heteroatoms. The minimum atomic E-state index is -0.642. The molecule has 2 aliphatic rings. The van der Waals surface area contributed by atoms with Crippen LogP contribution in [0.4, 0.5) is 0 Å². The fraction of sp³-hybridized carbons (Fsp3) is 0.611. The highest BCUT2D eigenvalue weighted by atomic mass is 16.2. The van der Waals surface area contributed by atoms with E-state index in [0.717, 1.165) is 25.9 Å². The molecule has 1 aromatic heterocycles. The number of aromatic nitrogens is 1. The lowest BCUT2D eigenvalue weighted by molar-refractivity contribution is -0.134. The van der Waals surface area contributed by atoms with E-state index in [9.17, 15) is 14.4 Å². The molecule has 0 aromatic carbocycles. The van der Waals surface area contributed by atoms with Crippen LogP contribution in [0.2, 0.25) is 0 Å². The molecule has 2 amide bonds. The Hall–Kier alpha value is -2.15. The Bertz CT molecular complexity index is 713. The zero-order valence-corrected chi connectivity index (χ0v) is 14.7. The SMILES string of the molecule is Cc1cc(=O)cc(C(=O)N2CCC(C(N)=O)(N3CCCCC3)CC2)[nH]1. The minimum absolute atomic E-state index is 0.184. The Balaban J connectivity index is 1.74. The standard InChI is InChI=1S/C18H26N4O3/c1-13-11-14(23)12-15(20-13)16(24)21-9-5-18(6-10-21,17(19)25)22-7-3-2-4-8-22/h11-12H,2-10H2,1H3,(H2,19,25)(H,20,23). The third-order valence-electron chi connectivity index (χ3n) is 5.51. The van der Waals surface area contributed by atoms with Crippen molar-refractivity contribution in [2.75, 3.05) is 26.2 Å². The third-order valence-corrected chi connectivity index (χ3v) is 5.51. The lowest BCUT2D eigenvalue weighted by atomic mass is 9.83. The van der Waals surface area contributed by atoms with Crippen LogP contribution < -0.4 is 11.2 Å². The van der Waals surface area contributed by atoms with Gasteiger partial charge in [0, 0.05) is 30.9 Å². The average molecular weight is 346 g/mol. The molecule has 0 unspecified atom stereocenters. The molecule has 3 N–H and O–H groups in total. The van der Waals surface area contributed by atoms with Crippen molar-refractivity contribution in [1.29, 1.82) is 0 Å². The van der Waals surface area contributed by atoms with E-state index in [1.807, 2.05) is 0 Å². The van der Waals surface area contributed by atoms with Gasteiger partial charge in [0.25, 0.3) is 5.91 Å². The van der Waals surface area contributed by atoms with Crippen LogP contribution in [0.15, 0.2) is 16.9 Å². The lowest BCUT2D eigenvalue weighted by Crippen LogP contribution is -2.63. The molecule has 2 saturated heterocycles. The number of likely N-dealkylation sites (tertiary alicyclic amines) is 2. The van der Waals surface area contributed by atoms with E-state index in [-0.39, 0.29) is 17.2 Å². The van der Waals surface area contributed by atoms with Crippen LogP contribution >= 0.6 is 0 Å². The molecule has 0 bridgehead atoms. The summed E-state index contributed by atoms with van der Waals surface area (Å²) in [6, 6.07) is 2.79. The number of piperidine rings is 2. The summed E-state index contributed by atoms with van der Waals surface area (Å²) in [5.41, 5.74) is 5.91. The Morgan fingerprint density at radius 2 is 1.72 bits per heavy atom. The van der Waals surface area contributed by atoms with Gasteiger partial charge in [-0.05, 0) is 45.7 Å². The van der Waals surface area contributed by atoms with Gasteiger partial charge in [0.05, 0.1) is 0 Å². The van der Waals surface area contributed by atoms with Gasteiger partial charge < -0.3 is 15.6 Å². The van der Waals surface area contributed by atoms with E-state index in [2.05, 4.69) is 9.88 Å². The summed E-state index contributed by atoms with van der Waals surface area (Å²) in [5.74, 6) is -0.483. The number of pyridine rings is 1. The molecule has 25 heavy (non-hydrogen) atoms. The summed E-state index contributed by atoms with van der Waals surface area (Å²) in [6.45, 7) is 4.47. The van der Waals surface area contributed by atoms with Crippen LogP contribution in [0, 0.1) is 6.92 Å². The van der Waals surface area contributed by atoms with E-state index in [4.69, 9.17) is 5.73 Å². The predicted octanol–water partition coefficient (Wildman–Crippen LogP) is 0.629. The van der Waals surface area contributed by atoms with Crippen LogP contribution in [0.3, 0.4) is 0 Å². The molecule has 1 aromatic rings. The van der Waals surface area contributed by atoms with Gasteiger partial charge in [0.2, 0.25) is 5.91 Å². The van der Waals surface area contributed by atoms with Crippen molar-refractivity contribution in [3.63, 3.8) is 0 Å². The maximum atomic E-state index is 12.7. The van der Waals surface area contributed by atoms with Crippen molar-refractivity contribution in [3.05, 3.63) is 33.7 Å². The van der Waals surface area contributed by atoms with Gasteiger partial charge in [0.15, 0.2) is 5.43 Å². The number of carbonyl (C=O) groups excluding carboxylic acids is 2. The van der Waals surface area contributed by atoms with Crippen LogP contribution in [-0.4, -0.2) is 58.3 Å². The molecule has 2 aliphatic heterocycles. The van der Waals surface area contributed by atoms with Gasteiger partial charge >= 0.3 is 0 Å². The molecule has 3 rings (SSSR count). The van der Waals surface area contributed by atoms with Gasteiger partial charge in [0.1, 0.15) is 11.2 Å². The Kier molecular flexibility index (Phi) is 4.94. The zero-order chi connectivity index (χ0) is 18.0. The molecule has 136 valence electrons. The Labute approximate surface area is 147 Å². The number of amides is 2. The summed E-state index contributed by atoms with van der Waals surface area (Å²) in [7, 11) is 0. The van der Waals surface area contributed by atoms with Gasteiger partial charge in [-0.2, -0.15) is 0 Å². The van der Waals surface area contributed by atoms with Gasteiger partial charge in [-0.3, -0.25) is 19.3 Å². The predicted molar refractivity (Wildman–Crippen MR) is 94.3 cm³/mol. The maximum Gasteiger partial charge on any atom is 0.270 e. The molecular formula is C18H26N4O3. The van der Waals surface area contributed by atoms with E-state index in [1.165, 1.54) is 18.6 Å². The molecule has 0 spiro atoms. The Morgan fingerprint density at radius 3 is 2.28 bits per heavy atom. The Morgan fingerprint density at radius 1 is 1.08 bits per heavy atom. The summed E-state index contributed by atoms with van der Waals surface area (Å²) in [6.07, 6.45) is 4.45. The number of rotatable bonds is 3. The number of aryl methyl sites for hydroxylation is 1. The molecule has 0 saturated carbocycles. The number of H-pyrrole nitrogens is 1. The number of nitrogens with zero attached hydrogens (tertiary/aromatic N) is 2. The first-order chi connectivity index (χ1) is 11.9. The van der Waals surface area contributed by atoms with E-state index in [1.54, 1.807) is 11.8 Å². The first kappa shape index (κ1) is 17.7. The lowest BCUT2D eigenvalue weighted by Gasteiger charge is -2.48. The van der Waals surface area contributed by atoms with Crippen LogP contribution in [0.5, 0.6) is 0 Å². The third kappa shape index (κ3) is 3.46. The molecular weight excluding hydrogens is 320 g/mol. The summed E-state index contributed by atoms with van der Waals surface area (Å²) in [4.78, 5) is 43.4. The molecule has 7 nitrogen and oxygen atoms in total. The summed E-state index contributed by atoms with van der Waals surface area (Å²) in [5, 5.41) is 0. The van der Waals surface area contributed by atoms with E-state index in [0.29, 0.717) is 37.3 Å². The monoisotopic (exact) mass is 346 g/mol. The largest absolute Gasteiger partial charge is 0.368 e. The fourth-order valence-electron chi connectivity index (χ4n) is 4.09. The van der Waals surface area contributed by atoms with Crippen molar-refractivity contribution in [3.8, 4) is 0 Å². The van der Waals surface area contributed by atoms with Gasteiger partial charge in [-0.15, -0.1) is 0 Å². The topological polar surface area (TPSA) is 99.5 Å². The second-order valence-corrected chi connectivity index (χ2v) is 7.15. The summed E-state index contributed by atoms with van der Waals surface area (Å²) >= 11 is 0. The van der Waals surface area contributed by atoms with Crippen molar-refractivity contribution >= 4 is 11.8 Å². The highest BCUT2D eigenvalue weighted by Gasteiger charge is 2.45. The van der Waals surface area contributed by atoms with E-state index >= 15 is 0 Å². The quantitative estimate of drug-likeness (QED) is 0.838. The fourth-order valence-corrected chi connectivity index (χ4v) is 4.09. The molecule has 0 radical (unpaired) electrons. The number of nitrogens with one attached hydrogen (secondary N) is 1. The average Bonchev–Trinajstić information content (AvgIpc) is 2.61. The first-order valence-electron chi connectivity index (χ1n) is 8.97. The van der Waals surface area contributed by atoms with Crippen molar-refractivity contribution in [2.45, 2.75) is 44.6 Å². The molecule has 2 fully saturated rings. The van der Waals surface area contributed by atoms with Crippen LogP contribution in [0.25, 0.3) is 0 Å². The first-order valence-corrected chi connectivity index (χ1v) is 8.97. The van der Waals surface area contributed by atoms with Crippen molar-refractivity contribution < 1.29 is 9.59 Å². The summed E-state index contributed by atoms with van der Waals surface area (Å²) < 4.78 is 0. The van der Waals surface area contributed by atoms with Crippen molar-refractivity contribution in [2.24, 2.45) is 5.73 Å². The highest BCUT2D eigenvalue weighted by Crippen LogP contribution is 2.31. The number of hydrogen-bond acceptors (Lipinski definition) is 4. The molecule has 0 atom stereocenters. The number of primary amides is 1.